The molecule has 0 aliphatic carbocycles. The predicted molar refractivity (Wildman–Crippen MR) is 159 cm³/mol. The molecule has 2 aromatic rings. The molecule has 0 aromatic heterocycles. The Morgan fingerprint density at radius 2 is 1.87 bits per heavy atom. The number of aryl methyl sites for hydroxylation is 1. The van der Waals surface area contributed by atoms with Gasteiger partial charge in [-0.25, -0.2) is 0 Å². The lowest BCUT2D eigenvalue weighted by Crippen LogP contribution is -2.34. The van der Waals surface area contributed by atoms with Crippen molar-refractivity contribution in [1.82, 2.24) is 10.2 Å². The Morgan fingerprint density at radius 3 is 2.46 bits per heavy atom. The van der Waals surface area contributed by atoms with Crippen LogP contribution in [0.2, 0.25) is 0 Å². The van der Waals surface area contributed by atoms with E-state index in [0.29, 0.717) is 23.5 Å². The van der Waals surface area contributed by atoms with Crippen LogP contribution in [0, 0.1) is 6.92 Å². The van der Waals surface area contributed by atoms with E-state index in [2.05, 4.69) is 15.2 Å². The molecule has 0 spiro atoms. The van der Waals surface area contributed by atoms with Gasteiger partial charge in [-0.2, -0.15) is 0 Å². The van der Waals surface area contributed by atoms with Crippen LogP contribution in [0.15, 0.2) is 47.6 Å². The van der Waals surface area contributed by atoms with Crippen molar-refractivity contribution >= 4 is 23.4 Å². The molecule has 39 heavy (non-hydrogen) atoms. The van der Waals surface area contributed by atoms with Gasteiger partial charge in [-0.05, 0) is 86.8 Å². The summed E-state index contributed by atoms with van der Waals surface area (Å²) in [5.41, 5.74) is 16.0. The van der Waals surface area contributed by atoms with E-state index >= 15 is 0 Å². The summed E-state index contributed by atoms with van der Waals surface area (Å²) in [7, 11) is 3.28. The number of benzene rings is 2. The van der Waals surface area contributed by atoms with Gasteiger partial charge in [0.15, 0.2) is 0 Å². The zero-order valence-electron chi connectivity index (χ0n) is 23.7. The second-order valence-electron chi connectivity index (χ2n) is 9.82. The average Bonchev–Trinajstić information content (AvgIpc) is 3.21. The zero-order chi connectivity index (χ0) is 28.8. The molecule has 0 bridgehead atoms. The molecule has 3 rings (SSSR count). The second kappa shape index (κ2) is 16.5. The summed E-state index contributed by atoms with van der Waals surface area (Å²) < 4.78 is 5.40. The van der Waals surface area contributed by atoms with Crippen LogP contribution in [0.4, 0.5) is 5.69 Å². The lowest BCUT2D eigenvalue weighted by atomic mass is 9.99. The van der Waals surface area contributed by atoms with Crippen LogP contribution in [0.5, 0.6) is 5.75 Å². The van der Waals surface area contributed by atoms with Gasteiger partial charge >= 0.3 is 0 Å². The number of aliphatic hydroxyl groups is 2. The molecule has 1 heterocycles. The number of anilines is 1. The molecule has 0 saturated carbocycles. The van der Waals surface area contributed by atoms with E-state index in [1.165, 1.54) is 31.9 Å². The molecule has 2 aromatic carbocycles. The van der Waals surface area contributed by atoms with Gasteiger partial charge in [-0.15, -0.1) is 0 Å². The summed E-state index contributed by atoms with van der Waals surface area (Å²) in [5, 5.41) is 20.9. The summed E-state index contributed by atoms with van der Waals surface area (Å²) in [6.45, 7) is 6.48. The number of methoxy groups -OCH3 is 1. The second-order valence-corrected chi connectivity index (χ2v) is 9.82. The number of nitrogens with two attached hydrogens (primary N) is 2. The van der Waals surface area contributed by atoms with Crippen molar-refractivity contribution in [2.24, 2.45) is 10.7 Å². The molecule has 7 N–H and O–H groups in total. The third kappa shape index (κ3) is 10.4. The van der Waals surface area contributed by atoms with Gasteiger partial charge in [0.25, 0.3) is 5.91 Å². The number of rotatable bonds is 9. The van der Waals surface area contributed by atoms with Crippen LogP contribution < -0.4 is 21.5 Å². The summed E-state index contributed by atoms with van der Waals surface area (Å²) in [4.78, 5) is 19.0. The number of ether oxygens (including phenoxy) is 1. The third-order valence-corrected chi connectivity index (χ3v) is 6.68. The maximum absolute atomic E-state index is 12.7. The van der Waals surface area contributed by atoms with Gasteiger partial charge in [0.2, 0.25) is 0 Å². The van der Waals surface area contributed by atoms with E-state index in [1.54, 1.807) is 32.5 Å². The molecular formula is C30H45N5O4. The van der Waals surface area contributed by atoms with Crippen LogP contribution in [-0.2, 0) is 0 Å². The molecule has 9 heteroatoms. The Morgan fingerprint density at radius 1 is 1.18 bits per heavy atom. The first kappa shape index (κ1) is 31.8. The molecule has 214 valence electrons. The predicted octanol–water partition coefficient (Wildman–Crippen LogP) is 3.29. The van der Waals surface area contributed by atoms with E-state index in [1.807, 2.05) is 38.1 Å². The smallest absolute Gasteiger partial charge is 0.252 e. The number of carbonyl (C=O) groups is 1. The minimum absolute atomic E-state index is 0.115. The van der Waals surface area contributed by atoms with Crippen molar-refractivity contribution in [3.63, 3.8) is 0 Å². The molecule has 2 atom stereocenters. The standard InChI is InChI=1S/C21H26N4O2.C9H19NO2/c1-13-5-6-18(23)10-20(13)21(26)25-14(2)15-7-16(9-19(8-15)27-4)17(11-22)12-24-3;11-8-9(12)7-10-5-3-1-2-4-6-10/h5-12,14H,22-23H2,1-4H3,(H,25,26);9,11-12H,1-8H2/b17-11+,24-12?;. The number of aliphatic hydroxyl groups excluding tert-OH is 2. The van der Waals surface area contributed by atoms with Crippen molar-refractivity contribution < 1.29 is 19.7 Å². The molecule has 0 radical (unpaired) electrons. The van der Waals surface area contributed by atoms with Gasteiger partial charge in [0, 0.05) is 42.8 Å². The zero-order valence-corrected chi connectivity index (χ0v) is 23.7. The number of allylic oxidation sites excluding steroid dienone is 1. The average molecular weight is 540 g/mol. The van der Waals surface area contributed by atoms with E-state index < -0.39 is 6.10 Å². The van der Waals surface area contributed by atoms with Crippen molar-refractivity contribution in [2.45, 2.75) is 51.7 Å². The van der Waals surface area contributed by atoms with Crippen molar-refractivity contribution in [3.8, 4) is 5.75 Å². The maximum Gasteiger partial charge on any atom is 0.252 e. The first-order valence-corrected chi connectivity index (χ1v) is 13.4. The van der Waals surface area contributed by atoms with E-state index in [-0.39, 0.29) is 18.6 Å². The molecular weight excluding hydrogens is 494 g/mol. The molecule has 9 nitrogen and oxygen atoms in total. The fourth-order valence-electron chi connectivity index (χ4n) is 4.43. The van der Waals surface area contributed by atoms with Crippen LogP contribution in [0.25, 0.3) is 5.57 Å². The Labute approximate surface area is 232 Å². The lowest BCUT2D eigenvalue weighted by molar-refractivity contribution is 0.0602. The summed E-state index contributed by atoms with van der Waals surface area (Å²) in [6.07, 6.45) is 7.71. The Balaban J connectivity index is 0.000000370. The first-order chi connectivity index (χ1) is 18.7. The molecule has 1 aliphatic rings. The Hall–Kier alpha value is -3.40. The number of nitrogen functional groups attached to an aromatic ring is 1. The van der Waals surface area contributed by atoms with Gasteiger partial charge in [0.05, 0.1) is 25.9 Å². The van der Waals surface area contributed by atoms with Crippen LogP contribution in [-0.4, -0.2) is 73.7 Å². The molecule has 2 unspecified atom stereocenters. The number of β-amino-alcohol motifs (C(OH)–C–C–N with tert-alkyl or cyclic N) is 1. The Bertz CT molecular complexity index is 1110. The summed E-state index contributed by atoms with van der Waals surface area (Å²) in [6, 6.07) is 10.8. The number of nitrogens with one attached hydrogen (secondary N) is 1. The number of nitrogens with zero attached hydrogens (tertiary/aromatic N) is 2. The molecule has 1 saturated heterocycles. The highest BCUT2D eigenvalue weighted by atomic mass is 16.5. The highest BCUT2D eigenvalue weighted by molar-refractivity contribution is 6.09. The lowest BCUT2D eigenvalue weighted by Gasteiger charge is -2.21. The normalized spacial score (nSPS) is 16.1. The molecule has 1 amide bonds. The monoisotopic (exact) mass is 539 g/mol. The van der Waals surface area contributed by atoms with Crippen molar-refractivity contribution in [1.29, 1.82) is 0 Å². The Kier molecular flexibility index (Phi) is 13.5. The maximum atomic E-state index is 12.7. The van der Waals surface area contributed by atoms with Gasteiger partial charge < -0.3 is 36.6 Å². The topological polar surface area (TPSA) is 146 Å². The first-order valence-electron chi connectivity index (χ1n) is 13.4. The van der Waals surface area contributed by atoms with E-state index in [4.69, 9.17) is 21.3 Å². The van der Waals surface area contributed by atoms with E-state index in [9.17, 15) is 9.90 Å². The van der Waals surface area contributed by atoms with Crippen molar-refractivity contribution in [3.05, 3.63) is 64.9 Å². The minimum Gasteiger partial charge on any atom is -0.497 e. The van der Waals surface area contributed by atoms with E-state index in [0.717, 1.165) is 35.4 Å². The van der Waals surface area contributed by atoms with Gasteiger partial charge in [-0.1, -0.05) is 18.9 Å². The highest BCUT2D eigenvalue weighted by Crippen LogP contribution is 2.26. The number of hydrogen-bond acceptors (Lipinski definition) is 8. The van der Waals surface area contributed by atoms with Crippen LogP contribution >= 0.6 is 0 Å². The quantitative estimate of drug-likeness (QED) is 0.243. The number of aliphatic imine (C=N–C) groups is 1. The molecule has 1 aliphatic heterocycles. The number of hydrogen-bond donors (Lipinski definition) is 5. The largest absolute Gasteiger partial charge is 0.497 e. The number of likely N-dealkylation sites (tertiary alicyclic amines) is 1. The highest BCUT2D eigenvalue weighted by Gasteiger charge is 2.16. The summed E-state index contributed by atoms with van der Waals surface area (Å²) >= 11 is 0. The number of carbonyl (C=O) groups excluding carboxylic acids is 1. The van der Waals surface area contributed by atoms with Crippen molar-refractivity contribution in [2.75, 3.05) is 46.1 Å². The SMILES string of the molecule is CN=C/C(=C\N)c1cc(OC)cc(C(C)NC(=O)c2cc(N)ccc2C)c1.OCC(O)CN1CCCCCC1. The fourth-order valence-corrected chi connectivity index (χ4v) is 4.43. The van der Waals surface area contributed by atoms with Crippen LogP contribution in [0.1, 0.15) is 65.7 Å². The molecule has 1 fully saturated rings. The van der Waals surface area contributed by atoms with Gasteiger partial charge in [-0.3, -0.25) is 9.79 Å². The van der Waals surface area contributed by atoms with Crippen LogP contribution in [0.3, 0.4) is 0 Å². The fraction of sp³-hybridized carbons (Fsp3) is 0.467. The third-order valence-electron chi connectivity index (χ3n) is 6.68. The minimum atomic E-state index is -0.553. The van der Waals surface area contributed by atoms with Gasteiger partial charge in [0.1, 0.15) is 5.75 Å². The summed E-state index contributed by atoms with van der Waals surface area (Å²) in [5.74, 6) is 0.494. The number of amides is 1.